The van der Waals surface area contributed by atoms with E-state index < -0.39 is 0 Å². The molecule has 3 aromatic rings. The number of fused-ring (bicyclic) bond motifs is 1. The average molecular weight is 305 g/mol. The lowest BCUT2D eigenvalue weighted by molar-refractivity contribution is 1.41. The van der Waals surface area contributed by atoms with Crippen molar-refractivity contribution in [1.82, 2.24) is 4.98 Å². The van der Waals surface area contributed by atoms with Gasteiger partial charge in [0.1, 0.15) is 0 Å². The zero-order valence-electron chi connectivity index (χ0n) is 8.85. The van der Waals surface area contributed by atoms with Gasteiger partial charge in [-0.2, -0.15) is 0 Å². The van der Waals surface area contributed by atoms with Gasteiger partial charge in [0.15, 0.2) is 5.13 Å². The summed E-state index contributed by atoms with van der Waals surface area (Å²) in [6.07, 6.45) is 0. The Morgan fingerprint density at radius 2 is 1.82 bits per heavy atom. The van der Waals surface area contributed by atoms with Gasteiger partial charge in [-0.05, 0) is 32.8 Å². The topological polar surface area (TPSA) is 38.9 Å². The van der Waals surface area contributed by atoms with Gasteiger partial charge in [0.05, 0.1) is 9.48 Å². The van der Waals surface area contributed by atoms with Crippen molar-refractivity contribution < 1.29 is 0 Å². The molecular weight excluding hydrogens is 296 g/mol. The van der Waals surface area contributed by atoms with Crippen molar-refractivity contribution in [3.63, 3.8) is 0 Å². The van der Waals surface area contributed by atoms with Crippen LogP contribution in [0.2, 0.25) is 0 Å². The lowest BCUT2D eigenvalue weighted by atomic mass is 10.1. The van der Waals surface area contributed by atoms with Crippen LogP contribution in [0.15, 0.2) is 46.3 Å². The zero-order chi connectivity index (χ0) is 11.8. The van der Waals surface area contributed by atoms with E-state index in [4.69, 9.17) is 5.73 Å². The number of nitrogen functional groups attached to an aromatic ring is 1. The van der Waals surface area contributed by atoms with Crippen molar-refractivity contribution >= 4 is 43.2 Å². The number of nitrogens with zero attached hydrogens (tertiary/aromatic N) is 1. The first-order valence-corrected chi connectivity index (χ1v) is 6.76. The summed E-state index contributed by atoms with van der Waals surface area (Å²) < 4.78 is 0.977. The molecule has 1 heterocycles. The molecule has 0 saturated heterocycles. The van der Waals surface area contributed by atoms with Crippen LogP contribution in [0.1, 0.15) is 0 Å². The molecule has 0 aliphatic carbocycles. The van der Waals surface area contributed by atoms with E-state index in [9.17, 15) is 0 Å². The van der Waals surface area contributed by atoms with E-state index in [1.807, 2.05) is 12.1 Å². The Balaban J connectivity index is 2.21. The molecule has 0 aliphatic rings. The average Bonchev–Trinajstić information content (AvgIpc) is 2.68. The van der Waals surface area contributed by atoms with Gasteiger partial charge in [-0.1, -0.05) is 47.7 Å². The van der Waals surface area contributed by atoms with Crippen molar-refractivity contribution in [1.29, 1.82) is 0 Å². The Labute approximate surface area is 111 Å². The molecule has 3 rings (SSSR count). The van der Waals surface area contributed by atoms with E-state index in [2.05, 4.69) is 51.2 Å². The molecule has 0 radical (unpaired) electrons. The minimum Gasteiger partial charge on any atom is -0.375 e. The SMILES string of the molecule is Nc1nc(-c2ccc3ccccc3c2)c(Br)s1. The summed E-state index contributed by atoms with van der Waals surface area (Å²) in [5, 5.41) is 3.03. The first-order valence-electron chi connectivity index (χ1n) is 5.15. The van der Waals surface area contributed by atoms with Crippen molar-refractivity contribution in [3.05, 3.63) is 46.3 Å². The minimum absolute atomic E-state index is 0.583. The lowest BCUT2D eigenvalue weighted by Gasteiger charge is -2.01. The number of anilines is 1. The molecule has 1 aromatic heterocycles. The third kappa shape index (κ3) is 1.94. The minimum atomic E-state index is 0.583. The molecule has 2 nitrogen and oxygen atoms in total. The van der Waals surface area contributed by atoms with E-state index in [1.165, 1.54) is 22.1 Å². The highest BCUT2D eigenvalue weighted by atomic mass is 79.9. The first-order chi connectivity index (χ1) is 8.24. The van der Waals surface area contributed by atoms with Gasteiger partial charge in [0.2, 0.25) is 0 Å². The summed E-state index contributed by atoms with van der Waals surface area (Å²) in [5.74, 6) is 0. The Hall–Kier alpha value is -1.39. The summed E-state index contributed by atoms with van der Waals surface area (Å²) in [6.45, 7) is 0. The van der Waals surface area contributed by atoms with Crippen LogP contribution in [-0.4, -0.2) is 4.98 Å². The van der Waals surface area contributed by atoms with Crippen molar-refractivity contribution in [3.8, 4) is 11.3 Å². The Bertz CT molecular complexity index is 691. The lowest BCUT2D eigenvalue weighted by Crippen LogP contribution is -1.83. The number of aromatic nitrogens is 1. The molecule has 0 atom stereocenters. The van der Waals surface area contributed by atoms with E-state index in [0.29, 0.717) is 5.13 Å². The van der Waals surface area contributed by atoms with Crippen LogP contribution in [0.5, 0.6) is 0 Å². The molecule has 17 heavy (non-hydrogen) atoms. The zero-order valence-corrected chi connectivity index (χ0v) is 11.3. The van der Waals surface area contributed by atoms with Crippen LogP contribution in [-0.2, 0) is 0 Å². The van der Waals surface area contributed by atoms with Gasteiger partial charge in [-0.3, -0.25) is 0 Å². The van der Waals surface area contributed by atoms with Crippen molar-refractivity contribution in [2.75, 3.05) is 5.73 Å². The van der Waals surface area contributed by atoms with E-state index in [0.717, 1.165) is 15.0 Å². The molecule has 0 amide bonds. The van der Waals surface area contributed by atoms with Crippen LogP contribution in [0, 0.1) is 0 Å². The molecule has 2 aromatic carbocycles. The number of hydrogen-bond donors (Lipinski definition) is 1. The summed E-state index contributed by atoms with van der Waals surface area (Å²) in [6, 6.07) is 14.6. The second-order valence-electron chi connectivity index (χ2n) is 3.74. The Morgan fingerprint density at radius 1 is 1.06 bits per heavy atom. The molecule has 2 N–H and O–H groups in total. The van der Waals surface area contributed by atoms with Gasteiger partial charge in [-0.15, -0.1) is 0 Å². The van der Waals surface area contributed by atoms with Crippen LogP contribution in [0.25, 0.3) is 22.0 Å². The third-order valence-electron chi connectivity index (χ3n) is 2.63. The number of nitrogens with two attached hydrogens (primary N) is 1. The van der Waals surface area contributed by atoms with Crippen molar-refractivity contribution in [2.24, 2.45) is 0 Å². The van der Waals surface area contributed by atoms with Gasteiger partial charge >= 0.3 is 0 Å². The number of benzene rings is 2. The smallest absolute Gasteiger partial charge is 0.181 e. The highest BCUT2D eigenvalue weighted by molar-refractivity contribution is 9.11. The number of halogens is 1. The van der Waals surface area contributed by atoms with Gasteiger partial charge in [0.25, 0.3) is 0 Å². The van der Waals surface area contributed by atoms with Crippen LogP contribution in [0.4, 0.5) is 5.13 Å². The fraction of sp³-hybridized carbons (Fsp3) is 0. The fourth-order valence-electron chi connectivity index (χ4n) is 1.83. The summed E-state index contributed by atoms with van der Waals surface area (Å²) in [4.78, 5) is 4.34. The Morgan fingerprint density at radius 3 is 2.53 bits per heavy atom. The van der Waals surface area contributed by atoms with Crippen molar-refractivity contribution in [2.45, 2.75) is 0 Å². The molecular formula is C13H9BrN2S. The van der Waals surface area contributed by atoms with E-state index in [-0.39, 0.29) is 0 Å². The molecule has 0 aliphatic heterocycles. The highest BCUT2D eigenvalue weighted by Crippen LogP contribution is 2.35. The maximum absolute atomic E-state index is 5.71. The standard InChI is InChI=1S/C13H9BrN2S/c14-12-11(16-13(15)17-12)10-6-5-8-3-1-2-4-9(8)7-10/h1-7H,(H2,15,16). The summed E-state index contributed by atoms with van der Waals surface area (Å²) >= 11 is 4.95. The summed E-state index contributed by atoms with van der Waals surface area (Å²) in [7, 11) is 0. The van der Waals surface area contributed by atoms with Crippen LogP contribution in [0.3, 0.4) is 0 Å². The van der Waals surface area contributed by atoms with Gasteiger partial charge in [-0.25, -0.2) is 4.98 Å². The first kappa shape index (κ1) is 10.7. The van der Waals surface area contributed by atoms with E-state index in [1.54, 1.807) is 0 Å². The Kier molecular flexibility index (Phi) is 2.61. The van der Waals surface area contributed by atoms with Gasteiger partial charge < -0.3 is 5.73 Å². The van der Waals surface area contributed by atoms with E-state index >= 15 is 0 Å². The molecule has 0 saturated carbocycles. The number of hydrogen-bond acceptors (Lipinski definition) is 3. The predicted octanol–water partition coefficient (Wildman–Crippen LogP) is 4.31. The maximum atomic E-state index is 5.71. The second-order valence-corrected chi connectivity index (χ2v) is 6.08. The number of rotatable bonds is 1. The van der Waals surface area contributed by atoms with Crippen LogP contribution >= 0.6 is 27.3 Å². The summed E-state index contributed by atoms with van der Waals surface area (Å²) in [5.41, 5.74) is 7.71. The largest absolute Gasteiger partial charge is 0.375 e. The third-order valence-corrected chi connectivity index (χ3v) is 4.16. The fourth-order valence-corrected chi connectivity index (χ4v) is 3.23. The van der Waals surface area contributed by atoms with Crippen LogP contribution < -0.4 is 5.73 Å². The molecule has 0 fully saturated rings. The van der Waals surface area contributed by atoms with Gasteiger partial charge in [0, 0.05) is 5.56 Å². The molecule has 0 unspecified atom stereocenters. The molecule has 4 heteroatoms. The normalized spacial score (nSPS) is 10.9. The number of thiazole rings is 1. The maximum Gasteiger partial charge on any atom is 0.181 e. The molecule has 84 valence electrons. The molecule has 0 bridgehead atoms. The highest BCUT2D eigenvalue weighted by Gasteiger charge is 2.09. The quantitative estimate of drug-likeness (QED) is 0.727. The predicted molar refractivity (Wildman–Crippen MR) is 77.2 cm³/mol. The second kappa shape index (κ2) is 4.13. The monoisotopic (exact) mass is 304 g/mol. The molecule has 0 spiro atoms.